The fourth-order valence-corrected chi connectivity index (χ4v) is 7.26. The molecule has 0 N–H and O–H groups in total. The van der Waals surface area contributed by atoms with Crippen LogP contribution in [0.1, 0.15) is 33.4 Å². The molecule has 0 spiro atoms. The van der Waals surface area contributed by atoms with Gasteiger partial charge < -0.3 is 0 Å². The molecule has 13 rings (SSSR count). The van der Waals surface area contributed by atoms with Crippen molar-refractivity contribution in [1.82, 2.24) is 49.8 Å². The number of hydrogen-bond donors (Lipinski definition) is 0. The minimum Gasteiger partial charge on any atom is -0.265 e. The molecule has 20 heteroatoms. The molecular weight excluding hydrogens is 1260 g/mol. The van der Waals surface area contributed by atoms with Crippen LogP contribution in [0.2, 0.25) is 19.6 Å². The van der Waals surface area contributed by atoms with Crippen molar-refractivity contribution in [3.63, 3.8) is 0 Å². The summed E-state index contributed by atoms with van der Waals surface area (Å²) in [4.78, 5) is 36.7. The Balaban J connectivity index is 0.000000528. The van der Waals surface area contributed by atoms with Crippen LogP contribution in [-0.2, 0) is 18.5 Å². The maximum atomic E-state index is 11.8. The van der Waals surface area contributed by atoms with Crippen LogP contribution >= 0.6 is 0 Å². The van der Waals surface area contributed by atoms with Crippen molar-refractivity contribution < 1.29 is 39.5 Å². The summed E-state index contributed by atoms with van der Waals surface area (Å²) in [5.41, 5.74) is 2.16. The Labute approximate surface area is 565 Å². The van der Waals surface area contributed by atoms with Crippen LogP contribution in [0.25, 0.3) is 0 Å². The van der Waals surface area contributed by atoms with E-state index in [-0.39, 0.29) is 0 Å². The molecule has 0 aliphatic heterocycles. The zero-order chi connectivity index (χ0) is 71.2. The molecule has 7 aromatic carbocycles. The van der Waals surface area contributed by atoms with Gasteiger partial charge in [0.05, 0.1) is 24.8 Å². The molecule has 504 valence electrons. The first-order chi connectivity index (χ1) is 46.6. The summed E-state index contributed by atoms with van der Waals surface area (Å²) in [5, 5.41) is 1.54. The number of pyridine rings is 3. The van der Waals surface area contributed by atoms with Crippen molar-refractivity contribution >= 4 is 13.3 Å². The van der Waals surface area contributed by atoms with Gasteiger partial charge in [-0.05, 0) is 69.3 Å². The van der Waals surface area contributed by atoms with Crippen LogP contribution in [0, 0.1) is 20.8 Å². The molecule has 0 saturated carbocycles. The fourth-order valence-electron chi connectivity index (χ4n) is 6.07. The second kappa shape index (κ2) is 54.2. The van der Waals surface area contributed by atoms with E-state index in [0.29, 0.717) is 0 Å². The molecule has 0 unspecified atom stereocenters. The number of alkyl halides is 9. The van der Waals surface area contributed by atoms with E-state index in [4.69, 9.17) is 0 Å². The van der Waals surface area contributed by atoms with Gasteiger partial charge >= 0.3 is 18.5 Å². The summed E-state index contributed by atoms with van der Waals surface area (Å²) in [6, 6.07) is 81.3. The molecule has 10 nitrogen and oxygen atoms in total. The van der Waals surface area contributed by atoms with Gasteiger partial charge in [0.15, 0.2) is 0 Å². The fraction of sp³-hybridized carbons (Fsp3) is 0.117. The number of aryl methyl sites for hydroxylation is 3. The minimum atomic E-state index is -4.21. The van der Waals surface area contributed by atoms with Gasteiger partial charge in [-0.3, -0.25) is 15.0 Å². The average Bonchev–Trinajstić information content (AvgIpc) is 1.37. The molecule has 0 saturated heterocycles. The summed E-state index contributed by atoms with van der Waals surface area (Å²) in [5.74, 6) is 0. The number of halogens is 9. The average molecular weight is 1340 g/mol. The summed E-state index contributed by atoms with van der Waals surface area (Å²) >= 11 is 0. The maximum Gasteiger partial charge on any atom is 0.416 e. The van der Waals surface area contributed by atoms with Crippen molar-refractivity contribution in [2.75, 3.05) is 0 Å². The smallest absolute Gasteiger partial charge is 0.265 e. The van der Waals surface area contributed by atoms with Crippen molar-refractivity contribution in [3.05, 3.63) is 406 Å². The molecule has 0 amide bonds. The third-order valence-electron chi connectivity index (χ3n) is 10.8. The van der Waals surface area contributed by atoms with Crippen LogP contribution in [0.4, 0.5) is 39.5 Å². The van der Waals surface area contributed by atoms with Crippen molar-refractivity contribution in [2.24, 2.45) is 0 Å². The molecule has 6 aromatic heterocycles. The second-order valence-corrected chi connectivity index (χ2v) is 24.9. The lowest BCUT2D eigenvalue weighted by Gasteiger charge is -2.15. The lowest BCUT2D eigenvalue weighted by atomic mass is 10.2. The SMILES string of the molecule is C[Si](C)(C)c1ccccc1.Cc1ccccc1.Cc1ccccc1.Cc1ccccc1.FC(F)(F)c1ccccc1.FC(F)(F)c1ccccc1.FC(F)(F)c1ccccc1.c1ccncc1.c1ccncc1.c1ccncc1.c1cncnc1.c1cncnc1.c1ncncn1. The Hall–Kier alpha value is -11.3. The molecule has 0 radical (unpaired) electrons. The van der Waals surface area contributed by atoms with Crippen molar-refractivity contribution in [2.45, 2.75) is 58.9 Å². The first-order valence-electron chi connectivity index (χ1n) is 29.6. The van der Waals surface area contributed by atoms with Gasteiger partial charge in [-0.1, -0.05) is 272 Å². The summed E-state index contributed by atoms with van der Waals surface area (Å²) in [6.07, 6.45) is 11.9. The molecule has 13 aromatic rings. The van der Waals surface area contributed by atoms with Gasteiger partial charge in [0.25, 0.3) is 0 Å². The molecule has 0 atom stereocenters. The van der Waals surface area contributed by atoms with Gasteiger partial charge in [0.2, 0.25) is 0 Å². The topological polar surface area (TPSA) is 129 Å². The van der Waals surface area contributed by atoms with Gasteiger partial charge in [0.1, 0.15) is 31.6 Å². The van der Waals surface area contributed by atoms with Crippen LogP contribution in [0.15, 0.2) is 373 Å². The quantitative estimate of drug-likeness (QED) is 0.116. The normalized spacial score (nSPS) is 9.60. The van der Waals surface area contributed by atoms with E-state index in [1.807, 2.05) is 109 Å². The molecular formula is C77H79F9N10Si. The van der Waals surface area contributed by atoms with Crippen LogP contribution in [0.5, 0.6) is 0 Å². The summed E-state index contributed by atoms with van der Waals surface area (Å²) < 4.78 is 106. The summed E-state index contributed by atoms with van der Waals surface area (Å²) in [7, 11) is -1.03. The minimum absolute atomic E-state index is 0.602. The Morgan fingerprint density at radius 1 is 0.206 bits per heavy atom. The van der Waals surface area contributed by atoms with E-state index < -0.39 is 43.3 Å². The van der Waals surface area contributed by atoms with E-state index in [1.54, 1.807) is 92.3 Å². The lowest BCUT2D eigenvalue weighted by molar-refractivity contribution is -0.138. The number of nitrogens with zero attached hydrogens (tertiary/aromatic N) is 10. The van der Waals surface area contributed by atoms with Gasteiger partial charge in [0, 0.05) is 62.0 Å². The third kappa shape index (κ3) is 52.9. The Kier molecular flexibility index (Phi) is 46.8. The van der Waals surface area contributed by atoms with Crippen LogP contribution in [-0.4, -0.2) is 57.9 Å². The standard InChI is InChI=1S/C9H14Si.3C7H5F3.3C7H8.3C5H5N.2C4H4N2.C3H3N3/c1-10(2,3)9-7-5-4-6-8-9;3*8-7(9,10)6-4-2-1-3-5-6;3*1-7-5-3-2-4-6-7;3*1-2-4-6-5-3-1;2*1-2-5-4-6-3-1;1-4-2-6-3-5-1/h4-8H,1-3H3;3*1-5H;3*2-6H,1H3;3*1-5H;2*1-4H;1-3H. The Bertz CT molecular complexity index is 2980. The molecule has 0 aliphatic rings. The van der Waals surface area contributed by atoms with E-state index in [9.17, 15) is 39.5 Å². The molecule has 0 bridgehead atoms. The highest BCUT2D eigenvalue weighted by Crippen LogP contribution is 2.30. The van der Waals surface area contributed by atoms with Crippen molar-refractivity contribution in [1.29, 1.82) is 0 Å². The highest BCUT2D eigenvalue weighted by molar-refractivity contribution is 6.88. The molecule has 6 heterocycles. The predicted molar refractivity (Wildman–Crippen MR) is 374 cm³/mol. The number of hydrogen-bond acceptors (Lipinski definition) is 10. The Morgan fingerprint density at radius 3 is 0.474 bits per heavy atom. The van der Waals surface area contributed by atoms with E-state index >= 15 is 0 Å². The second-order valence-electron chi connectivity index (χ2n) is 19.8. The summed E-state index contributed by atoms with van der Waals surface area (Å²) in [6.45, 7) is 13.3. The van der Waals surface area contributed by atoms with Crippen LogP contribution in [0.3, 0.4) is 0 Å². The predicted octanol–water partition coefficient (Wildman–Crippen LogP) is 20.4. The number of aromatic nitrogens is 10. The number of rotatable bonds is 1. The largest absolute Gasteiger partial charge is 0.416 e. The zero-order valence-electron chi connectivity index (χ0n) is 54.6. The highest BCUT2D eigenvalue weighted by Gasteiger charge is 2.31. The van der Waals surface area contributed by atoms with Gasteiger partial charge in [-0.15, -0.1) is 0 Å². The van der Waals surface area contributed by atoms with Gasteiger partial charge in [-0.25, -0.2) is 34.9 Å². The van der Waals surface area contributed by atoms with E-state index in [1.165, 1.54) is 89.9 Å². The van der Waals surface area contributed by atoms with E-state index in [0.717, 1.165) is 36.4 Å². The first kappa shape index (κ1) is 83.8. The maximum absolute atomic E-state index is 11.8. The molecule has 0 fully saturated rings. The molecule has 0 aliphatic carbocycles. The Morgan fingerprint density at radius 2 is 0.381 bits per heavy atom. The van der Waals surface area contributed by atoms with Gasteiger partial charge in [-0.2, -0.15) is 39.5 Å². The monoisotopic (exact) mass is 1340 g/mol. The highest BCUT2D eigenvalue weighted by atomic mass is 28.3. The lowest BCUT2D eigenvalue weighted by Crippen LogP contribution is -2.37. The zero-order valence-corrected chi connectivity index (χ0v) is 55.6. The van der Waals surface area contributed by atoms with Crippen molar-refractivity contribution in [3.8, 4) is 0 Å². The van der Waals surface area contributed by atoms with E-state index in [2.05, 4.69) is 157 Å². The first-order valence-corrected chi connectivity index (χ1v) is 33.1. The molecule has 97 heavy (non-hydrogen) atoms. The number of benzene rings is 7. The van der Waals surface area contributed by atoms with Crippen LogP contribution < -0.4 is 5.19 Å². The third-order valence-corrected chi connectivity index (χ3v) is 12.9.